The molecular weight excluding hydrogens is 476 g/mol. The Bertz CT molecular complexity index is 1240. The summed E-state index contributed by atoms with van der Waals surface area (Å²) in [6, 6.07) is 7.78. The van der Waals surface area contributed by atoms with E-state index in [0.717, 1.165) is 28.3 Å². The predicted molar refractivity (Wildman–Crippen MR) is 120 cm³/mol. The molecule has 1 aliphatic heterocycles. The second-order valence-corrected chi connectivity index (χ2v) is 11.7. The number of halogens is 2. The lowest BCUT2D eigenvalue weighted by molar-refractivity contribution is -0.133. The molecule has 2 aromatic rings. The summed E-state index contributed by atoms with van der Waals surface area (Å²) in [7, 11) is -7.74. The van der Waals surface area contributed by atoms with Crippen molar-refractivity contribution in [3.63, 3.8) is 0 Å². The highest BCUT2D eigenvalue weighted by atomic mass is 32.2. The van der Waals surface area contributed by atoms with Gasteiger partial charge in [-0.25, -0.2) is 25.6 Å². The van der Waals surface area contributed by atoms with Gasteiger partial charge in [0.15, 0.2) is 11.6 Å². The molecule has 8 nitrogen and oxygen atoms in total. The third-order valence-corrected chi connectivity index (χ3v) is 8.59. The van der Waals surface area contributed by atoms with Crippen molar-refractivity contribution in [1.82, 2.24) is 9.21 Å². The van der Waals surface area contributed by atoms with Gasteiger partial charge < -0.3 is 4.90 Å². The van der Waals surface area contributed by atoms with Crippen LogP contribution in [0.3, 0.4) is 0 Å². The van der Waals surface area contributed by atoms with Crippen LogP contribution < -0.4 is 4.31 Å². The molecule has 1 fully saturated rings. The molecule has 1 saturated heterocycles. The number of piperazine rings is 1. The number of rotatable bonds is 6. The van der Waals surface area contributed by atoms with Gasteiger partial charge in [-0.2, -0.15) is 4.31 Å². The normalized spacial score (nSPS) is 16.5. The maximum Gasteiger partial charge on any atom is 0.246 e. The third kappa shape index (κ3) is 5.33. The van der Waals surface area contributed by atoms with E-state index in [1.165, 1.54) is 28.3 Å². The SMILES string of the molecule is Cc1ccc(S(=O)(=O)N2CCN(C(=O)[C@@H](C)N(c3ccc(F)c(F)c3)S(C)(=O)=O)CC2)cc1. The van der Waals surface area contributed by atoms with Crippen LogP contribution in [0, 0.1) is 18.6 Å². The molecule has 0 spiro atoms. The van der Waals surface area contributed by atoms with E-state index in [-0.39, 0.29) is 36.8 Å². The summed E-state index contributed by atoms with van der Waals surface area (Å²) in [5, 5.41) is 0. The number of hydrogen-bond acceptors (Lipinski definition) is 5. The fourth-order valence-corrected chi connectivity index (χ4v) is 6.28. The van der Waals surface area contributed by atoms with Gasteiger partial charge in [-0.1, -0.05) is 17.7 Å². The highest BCUT2D eigenvalue weighted by Crippen LogP contribution is 2.25. The molecule has 33 heavy (non-hydrogen) atoms. The largest absolute Gasteiger partial charge is 0.338 e. The Balaban J connectivity index is 1.76. The molecule has 0 bridgehead atoms. The number of carbonyl (C=O) groups excluding carboxylic acids is 1. The molecule has 0 saturated carbocycles. The molecule has 1 aliphatic rings. The van der Waals surface area contributed by atoms with E-state index in [1.54, 1.807) is 12.1 Å². The predicted octanol–water partition coefficient (Wildman–Crippen LogP) is 1.96. The molecule has 0 N–H and O–H groups in total. The summed E-state index contributed by atoms with van der Waals surface area (Å²) in [5.74, 6) is -2.95. The lowest BCUT2D eigenvalue weighted by atomic mass is 10.2. The Morgan fingerprint density at radius 1 is 0.939 bits per heavy atom. The minimum atomic E-state index is -4.01. The van der Waals surface area contributed by atoms with Crippen LogP contribution in [0.25, 0.3) is 0 Å². The molecule has 1 atom stereocenters. The Hall–Kier alpha value is -2.57. The number of benzene rings is 2. The van der Waals surface area contributed by atoms with Crippen molar-refractivity contribution in [2.45, 2.75) is 24.8 Å². The smallest absolute Gasteiger partial charge is 0.246 e. The summed E-state index contributed by atoms with van der Waals surface area (Å²) in [4.78, 5) is 14.6. The van der Waals surface area contributed by atoms with Gasteiger partial charge in [-0.05, 0) is 38.1 Å². The van der Waals surface area contributed by atoms with E-state index in [2.05, 4.69) is 0 Å². The lowest BCUT2D eigenvalue weighted by Gasteiger charge is -2.37. The van der Waals surface area contributed by atoms with Crippen LogP contribution in [0.1, 0.15) is 12.5 Å². The zero-order valence-corrected chi connectivity index (χ0v) is 20.0. The highest BCUT2D eigenvalue weighted by molar-refractivity contribution is 7.92. The van der Waals surface area contributed by atoms with Crippen molar-refractivity contribution < 1.29 is 30.4 Å². The van der Waals surface area contributed by atoms with Gasteiger partial charge in [-0.15, -0.1) is 0 Å². The quantitative estimate of drug-likeness (QED) is 0.603. The van der Waals surface area contributed by atoms with E-state index in [0.29, 0.717) is 6.07 Å². The summed E-state index contributed by atoms with van der Waals surface area (Å²) in [6.07, 6.45) is 0.865. The Morgan fingerprint density at radius 3 is 2.03 bits per heavy atom. The van der Waals surface area contributed by atoms with Crippen LogP contribution in [0.5, 0.6) is 0 Å². The van der Waals surface area contributed by atoms with E-state index in [1.807, 2.05) is 6.92 Å². The lowest BCUT2D eigenvalue weighted by Crippen LogP contribution is -2.56. The zero-order valence-electron chi connectivity index (χ0n) is 18.4. The Kier molecular flexibility index (Phi) is 7.10. The molecule has 3 rings (SSSR count). The minimum absolute atomic E-state index is 0.0404. The average Bonchev–Trinajstić information content (AvgIpc) is 2.75. The molecule has 12 heteroatoms. The van der Waals surface area contributed by atoms with Gasteiger partial charge >= 0.3 is 0 Å². The zero-order chi connectivity index (χ0) is 24.6. The second kappa shape index (κ2) is 9.35. The number of nitrogens with zero attached hydrogens (tertiary/aromatic N) is 3. The van der Waals surface area contributed by atoms with Gasteiger partial charge in [0.2, 0.25) is 26.0 Å². The van der Waals surface area contributed by atoms with E-state index >= 15 is 0 Å². The molecule has 2 aromatic carbocycles. The summed E-state index contributed by atoms with van der Waals surface area (Å²) in [5.41, 5.74) is 0.743. The molecule has 0 aromatic heterocycles. The van der Waals surface area contributed by atoms with Crippen LogP contribution in [-0.4, -0.2) is 70.4 Å². The first-order valence-corrected chi connectivity index (χ1v) is 13.4. The summed E-state index contributed by atoms with van der Waals surface area (Å²) >= 11 is 0. The highest BCUT2D eigenvalue weighted by Gasteiger charge is 2.36. The van der Waals surface area contributed by atoms with Gasteiger partial charge in [0, 0.05) is 32.2 Å². The van der Waals surface area contributed by atoms with Crippen molar-refractivity contribution in [2.24, 2.45) is 0 Å². The fraction of sp³-hybridized carbons (Fsp3) is 0.381. The van der Waals surface area contributed by atoms with Crippen LogP contribution in [0.2, 0.25) is 0 Å². The summed E-state index contributed by atoms with van der Waals surface area (Å²) in [6.45, 7) is 3.40. The first-order valence-electron chi connectivity index (χ1n) is 10.1. The topological polar surface area (TPSA) is 95.1 Å². The molecule has 1 amide bonds. The standard InChI is InChI=1S/C21H25F2N3O5S2/c1-15-4-7-18(8-5-15)33(30,31)25-12-10-24(11-13-25)21(27)16(2)26(32(3,28)29)17-6-9-19(22)20(23)14-17/h4-9,14,16H,10-13H2,1-3H3/t16-/m1/s1. The number of amides is 1. The Morgan fingerprint density at radius 2 is 1.52 bits per heavy atom. The van der Waals surface area contributed by atoms with Crippen LogP contribution in [-0.2, 0) is 24.8 Å². The van der Waals surface area contributed by atoms with Gasteiger partial charge in [-0.3, -0.25) is 9.10 Å². The van der Waals surface area contributed by atoms with E-state index in [4.69, 9.17) is 0 Å². The van der Waals surface area contributed by atoms with Crippen LogP contribution in [0.15, 0.2) is 47.4 Å². The van der Waals surface area contributed by atoms with E-state index in [9.17, 15) is 30.4 Å². The van der Waals surface area contributed by atoms with Crippen molar-refractivity contribution in [1.29, 1.82) is 0 Å². The Labute approximate surface area is 192 Å². The molecule has 0 unspecified atom stereocenters. The maximum absolute atomic E-state index is 13.7. The van der Waals surface area contributed by atoms with Crippen LogP contribution in [0.4, 0.5) is 14.5 Å². The number of aryl methyl sites for hydroxylation is 1. The fourth-order valence-electron chi connectivity index (χ4n) is 3.70. The molecular formula is C21H25F2N3O5S2. The van der Waals surface area contributed by atoms with Crippen molar-refractivity contribution in [3.05, 3.63) is 59.7 Å². The van der Waals surface area contributed by atoms with Crippen molar-refractivity contribution in [2.75, 3.05) is 36.7 Å². The number of sulfonamides is 2. The number of hydrogen-bond donors (Lipinski definition) is 0. The van der Waals surface area contributed by atoms with E-state index < -0.39 is 43.6 Å². The van der Waals surface area contributed by atoms with Gasteiger partial charge in [0.05, 0.1) is 16.8 Å². The molecule has 1 heterocycles. The van der Waals surface area contributed by atoms with Gasteiger partial charge in [0.25, 0.3) is 0 Å². The maximum atomic E-state index is 13.7. The monoisotopic (exact) mass is 501 g/mol. The summed E-state index contributed by atoms with van der Waals surface area (Å²) < 4.78 is 79.5. The first kappa shape index (κ1) is 25.1. The van der Waals surface area contributed by atoms with Crippen molar-refractivity contribution >= 4 is 31.6 Å². The molecule has 180 valence electrons. The second-order valence-electron chi connectivity index (χ2n) is 7.88. The third-order valence-electron chi connectivity index (χ3n) is 5.43. The number of carbonyl (C=O) groups is 1. The van der Waals surface area contributed by atoms with Crippen LogP contribution >= 0.6 is 0 Å². The average molecular weight is 502 g/mol. The molecule has 0 aliphatic carbocycles. The minimum Gasteiger partial charge on any atom is -0.338 e. The van der Waals surface area contributed by atoms with Crippen molar-refractivity contribution in [3.8, 4) is 0 Å². The molecule has 0 radical (unpaired) electrons. The van der Waals surface area contributed by atoms with Gasteiger partial charge in [0.1, 0.15) is 6.04 Å². The first-order chi connectivity index (χ1) is 15.3. The number of anilines is 1.